The quantitative estimate of drug-likeness (QED) is 0.259. The Morgan fingerprint density at radius 2 is 2.23 bits per heavy atom. The largest absolute Gasteiger partial charge is 0.326 e. The fraction of sp³-hybridized carbons (Fsp3) is 0.364. The minimum atomic E-state index is -0.117. The van der Waals surface area contributed by atoms with Crippen molar-refractivity contribution in [1.82, 2.24) is 10.2 Å². The van der Waals surface area contributed by atoms with E-state index in [4.69, 9.17) is 0 Å². The summed E-state index contributed by atoms with van der Waals surface area (Å²) in [6.07, 6.45) is 16.1. The zero-order valence-electron chi connectivity index (χ0n) is 15.6. The molecule has 2 aliphatic rings. The van der Waals surface area contributed by atoms with Gasteiger partial charge in [0.2, 0.25) is 5.91 Å². The fourth-order valence-corrected chi connectivity index (χ4v) is 3.58. The van der Waals surface area contributed by atoms with E-state index in [1.165, 1.54) is 16.7 Å². The highest BCUT2D eigenvalue weighted by atomic mass is 127. The minimum absolute atomic E-state index is 0.00461. The molecular formula is C22H27IN2O. The van der Waals surface area contributed by atoms with E-state index in [0.717, 1.165) is 32.5 Å². The Bertz CT molecular complexity index is 733. The lowest BCUT2D eigenvalue weighted by Crippen LogP contribution is -2.41. The van der Waals surface area contributed by atoms with Crippen molar-refractivity contribution < 1.29 is 4.79 Å². The lowest BCUT2D eigenvalue weighted by atomic mass is 10.00. The summed E-state index contributed by atoms with van der Waals surface area (Å²) in [4.78, 5) is 14.7. The van der Waals surface area contributed by atoms with Crippen LogP contribution in [0.5, 0.6) is 0 Å². The minimum Gasteiger partial charge on any atom is -0.326 e. The molecule has 1 aliphatic heterocycles. The van der Waals surface area contributed by atoms with Crippen LogP contribution in [-0.4, -0.2) is 34.4 Å². The van der Waals surface area contributed by atoms with Gasteiger partial charge in [-0.25, -0.2) is 0 Å². The first kappa shape index (κ1) is 20.7. The van der Waals surface area contributed by atoms with Gasteiger partial charge >= 0.3 is 0 Å². The third-order valence-corrected chi connectivity index (χ3v) is 5.35. The van der Waals surface area contributed by atoms with Gasteiger partial charge in [0, 0.05) is 25.3 Å². The van der Waals surface area contributed by atoms with E-state index in [9.17, 15) is 4.79 Å². The summed E-state index contributed by atoms with van der Waals surface area (Å²) in [6.45, 7) is 10.6. The van der Waals surface area contributed by atoms with Crippen LogP contribution in [0.1, 0.15) is 26.7 Å². The highest BCUT2D eigenvalue weighted by Gasteiger charge is 2.22. The van der Waals surface area contributed by atoms with Gasteiger partial charge in [-0.15, -0.1) is 5.73 Å². The van der Waals surface area contributed by atoms with Crippen molar-refractivity contribution in [2.45, 2.75) is 30.6 Å². The predicted octanol–water partition coefficient (Wildman–Crippen LogP) is 4.62. The van der Waals surface area contributed by atoms with Crippen LogP contribution in [0.25, 0.3) is 0 Å². The number of hydrogen-bond donors (Lipinski definition) is 1. The van der Waals surface area contributed by atoms with E-state index >= 15 is 0 Å². The maximum atomic E-state index is 12.4. The van der Waals surface area contributed by atoms with Gasteiger partial charge in [-0.1, -0.05) is 66.5 Å². The summed E-state index contributed by atoms with van der Waals surface area (Å²) in [5, 5.41) is 2.87. The molecule has 0 unspecified atom stereocenters. The molecule has 1 heterocycles. The summed E-state index contributed by atoms with van der Waals surface area (Å²) in [5.74, 6) is 0.00461. The molecule has 2 rings (SSSR count). The van der Waals surface area contributed by atoms with Gasteiger partial charge in [0.05, 0.1) is 0 Å². The Labute approximate surface area is 170 Å². The first-order chi connectivity index (χ1) is 12.5. The second-order valence-electron chi connectivity index (χ2n) is 6.40. The standard InChI is InChI=1S/C22H27IN2O/c1-4-6-7-8-17(3)24-22(26)21(23)16-25-14-13-19-11-9-18(5-2)10-12-20(19)15-25/h4,6-9,11-12,21H,3,5,13-16H2,1-2H3,(H,24,26)/b6-4-,8-7-/t21-/m1/s1. The first-order valence-electron chi connectivity index (χ1n) is 9.04. The Balaban J connectivity index is 1.90. The number of amides is 1. The number of alkyl halides is 1. The van der Waals surface area contributed by atoms with Crippen LogP contribution in [0.3, 0.4) is 0 Å². The molecule has 138 valence electrons. The Hall–Kier alpha value is -1.62. The summed E-state index contributed by atoms with van der Waals surface area (Å²) < 4.78 is -0.117. The maximum Gasteiger partial charge on any atom is 0.238 e. The van der Waals surface area contributed by atoms with E-state index in [2.05, 4.69) is 70.3 Å². The van der Waals surface area contributed by atoms with Gasteiger partial charge in [0.1, 0.15) is 3.92 Å². The van der Waals surface area contributed by atoms with Crippen molar-refractivity contribution in [2.24, 2.45) is 0 Å². The number of nitrogens with zero attached hydrogens (tertiary/aromatic N) is 1. The molecule has 1 amide bonds. The molecular weight excluding hydrogens is 435 g/mol. The van der Waals surface area contributed by atoms with Crippen molar-refractivity contribution in [3.8, 4) is 0 Å². The van der Waals surface area contributed by atoms with E-state index in [1.807, 2.05) is 25.2 Å². The molecule has 1 aliphatic carbocycles. The van der Waals surface area contributed by atoms with E-state index in [0.29, 0.717) is 5.70 Å². The molecule has 1 N–H and O–H groups in total. The van der Waals surface area contributed by atoms with Crippen molar-refractivity contribution >= 4 is 28.5 Å². The lowest BCUT2D eigenvalue weighted by Gasteiger charge is -2.30. The van der Waals surface area contributed by atoms with Gasteiger partial charge < -0.3 is 5.32 Å². The molecule has 0 spiro atoms. The smallest absolute Gasteiger partial charge is 0.238 e. The molecule has 0 aromatic heterocycles. The molecule has 0 fully saturated rings. The molecule has 26 heavy (non-hydrogen) atoms. The van der Waals surface area contributed by atoms with Crippen LogP contribution in [0.4, 0.5) is 0 Å². The molecule has 0 saturated carbocycles. The van der Waals surface area contributed by atoms with Crippen molar-refractivity contribution in [1.29, 1.82) is 0 Å². The second kappa shape index (κ2) is 10.5. The van der Waals surface area contributed by atoms with Crippen LogP contribution in [-0.2, 0) is 4.79 Å². The topological polar surface area (TPSA) is 32.3 Å². The van der Waals surface area contributed by atoms with E-state index in [1.54, 1.807) is 6.08 Å². The summed E-state index contributed by atoms with van der Waals surface area (Å²) >= 11 is 2.22. The number of carbonyl (C=O) groups excluding carboxylic acids is 1. The summed E-state index contributed by atoms with van der Waals surface area (Å²) in [5.41, 5.74) is 7.96. The summed E-state index contributed by atoms with van der Waals surface area (Å²) in [7, 11) is 0. The van der Waals surface area contributed by atoms with Gasteiger partial charge in [-0.05, 0) is 48.6 Å². The van der Waals surface area contributed by atoms with Crippen LogP contribution < -0.4 is 5.32 Å². The highest BCUT2D eigenvalue weighted by Crippen LogP contribution is 2.24. The Morgan fingerprint density at radius 3 is 2.96 bits per heavy atom. The average Bonchev–Trinajstić information content (AvgIpc) is 2.83. The first-order valence-corrected chi connectivity index (χ1v) is 10.3. The number of carbonyl (C=O) groups is 1. The number of halogens is 1. The molecule has 0 aromatic carbocycles. The number of rotatable bonds is 7. The Kier molecular flexibility index (Phi) is 8.36. The molecule has 0 radical (unpaired) electrons. The third-order valence-electron chi connectivity index (χ3n) is 4.39. The molecule has 0 aromatic rings. The Morgan fingerprint density at radius 1 is 1.42 bits per heavy atom. The number of nitrogens with one attached hydrogen (secondary N) is 1. The van der Waals surface area contributed by atoms with Gasteiger partial charge in [-0.3, -0.25) is 9.69 Å². The molecule has 4 heteroatoms. The zero-order valence-corrected chi connectivity index (χ0v) is 17.8. The van der Waals surface area contributed by atoms with Crippen molar-refractivity contribution in [3.63, 3.8) is 0 Å². The van der Waals surface area contributed by atoms with Crippen LogP contribution in [0, 0.1) is 0 Å². The summed E-state index contributed by atoms with van der Waals surface area (Å²) in [6, 6.07) is 0. The van der Waals surface area contributed by atoms with Gasteiger partial charge in [0.15, 0.2) is 0 Å². The molecule has 0 saturated heterocycles. The second-order valence-corrected chi connectivity index (χ2v) is 7.91. The zero-order chi connectivity index (χ0) is 18.9. The SMILES string of the molecule is C=C(/C=C\C=C/C)NC(=O)[C@H](I)CN1CCC2=C(C=C=C(CC)C=C2)C1. The third kappa shape index (κ3) is 6.27. The number of hydrogen-bond acceptors (Lipinski definition) is 2. The van der Waals surface area contributed by atoms with Gasteiger partial charge in [0.25, 0.3) is 0 Å². The normalized spacial score (nSPS) is 18.8. The highest BCUT2D eigenvalue weighted by molar-refractivity contribution is 14.1. The van der Waals surface area contributed by atoms with Gasteiger partial charge in [-0.2, -0.15) is 0 Å². The monoisotopic (exact) mass is 462 g/mol. The maximum absolute atomic E-state index is 12.4. The number of allylic oxidation sites excluding steroid dienone is 6. The van der Waals surface area contributed by atoms with Crippen molar-refractivity contribution in [2.75, 3.05) is 19.6 Å². The lowest BCUT2D eigenvalue weighted by molar-refractivity contribution is -0.119. The van der Waals surface area contributed by atoms with Crippen molar-refractivity contribution in [3.05, 3.63) is 77.3 Å². The molecule has 3 nitrogen and oxygen atoms in total. The predicted molar refractivity (Wildman–Crippen MR) is 118 cm³/mol. The van der Waals surface area contributed by atoms with Crippen LogP contribution in [0.2, 0.25) is 0 Å². The fourth-order valence-electron chi connectivity index (χ4n) is 2.86. The van der Waals surface area contributed by atoms with E-state index < -0.39 is 0 Å². The van der Waals surface area contributed by atoms with Crippen LogP contribution >= 0.6 is 22.6 Å². The molecule has 1 atom stereocenters. The molecule has 0 bridgehead atoms. The van der Waals surface area contributed by atoms with E-state index in [-0.39, 0.29) is 9.83 Å². The average molecular weight is 462 g/mol. The van der Waals surface area contributed by atoms with Crippen LogP contribution in [0.15, 0.2) is 77.3 Å².